The molecule has 43 heavy (non-hydrogen) atoms. The van der Waals surface area contributed by atoms with Gasteiger partial charge in [-0.15, -0.1) is 0 Å². The normalized spacial score (nSPS) is 20.4. The van der Waals surface area contributed by atoms with Crippen LogP contribution in [0.25, 0.3) is 10.8 Å². The zero-order valence-electron chi connectivity index (χ0n) is 24.6. The van der Waals surface area contributed by atoms with Crippen LogP contribution in [0.1, 0.15) is 36.1 Å². The van der Waals surface area contributed by atoms with Crippen molar-refractivity contribution in [3.8, 4) is 18.1 Å². The SMILES string of the molecule is C=CC(=O)N1CCN(c2nc(OCC3CCCN3C)nc3c2CCN(c2cccc4cccc(C#N)c24)C3)CC1CC#N. The van der Waals surface area contributed by atoms with Gasteiger partial charge in [-0.05, 0) is 56.4 Å². The molecule has 10 nitrogen and oxygen atoms in total. The van der Waals surface area contributed by atoms with E-state index in [9.17, 15) is 15.3 Å². The van der Waals surface area contributed by atoms with Crippen LogP contribution in [0.5, 0.6) is 6.01 Å². The highest BCUT2D eigenvalue weighted by molar-refractivity contribution is 5.98. The molecule has 1 amide bonds. The topological polar surface area (TPSA) is 113 Å². The number of nitriles is 2. The summed E-state index contributed by atoms with van der Waals surface area (Å²) < 4.78 is 6.27. The molecule has 3 aliphatic rings. The number of carbonyl (C=O) groups excluding carboxylic acids is 1. The maximum Gasteiger partial charge on any atom is 0.318 e. The number of fused-ring (bicyclic) bond motifs is 2. The number of amides is 1. The second-order valence-electron chi connectivity index (χ2n) is 11.5. The lowest BCUT2D eigenvalue weighted by atomic mass is 9.99. The van der Waals surface area contributed by atoms with E-state index in [1.807, 2.05) is 30.3 Å². The number of carbonyl (C=O) groups is 1. The molecule has 2 atom stereocenters. The van der Waals surface area contributed by atoms with E-state index in [2.05, 4.69) is 46.5 Å². The number of ether oxygens (including phenoxy) is 1. The van der Waals surface area contributed by atoms with Crippen molar-refractivity contribution in [2.24, 2.45) is 0 Å². The second-order valence-corrected chi connectivity index (χ2v) is 11.5. The van der Waals surface area contributed by atoms with Crippen molar-refractivity contribution in [2.45, 2.75) is 44.3 Å². The summed E-state index contributed by atoms with van der Waals surface area (Å²) in [6.07, 6.45) is 4.50. The molecule has 220 valence electrons. The molecule has 2 fully saturated rings. The number of hydrogen-bond acceptors (Lipinski definition) is 9. The summed E-state index contributed by atoms with van der Waals surface area (Å²) in [4.78, 5) is 31.0. The van der Waals surface area contributed by atoms with Crippen molar-refractivity contribution in [1.29, 1.82) is 10.5 Å². The van der Waals surface area contributed by atoms with Crippen LogP contribution in [0.15, 0.2) is 49.1 Å². The van der Waals surface area contributed by atoms with Gasteiger partial charge >= 0.3 is 6.01 Å². The molecule has 0 N–H and O–H groups in total. The molecule has 2 saturated heterocycles. The van der Waals surface area contributed by atoms with E-state index in [4.69, 9.17) is 14.7 Å². The highest BCUT2D eigenvalue weighted by atomic mass is 16.5. The molecule has 10 heteroatoms. The Kier molecular flexibility index (Phi) is 8.13. The number of anilines is 2. The fraction of sp³-hybridized carbons (Fsp3) is 0.424. The first-order valence-electron chi connectivity index (χ1n) is 14.9. The first-order valence-corrected chi connectivity index (χ1v) is 14.9. The Bertz CT molecular complexity index is 1620. The number of piperazine rings is 1. The molecule has 0 radical (unpaired) electrons. The van der Waals surface area contributed by atoms with Gasteiger partial charge < -0.3 is 24.3 Å². The molecule has 2 aromatic carbocycles. The highest BCUT2D eigenvalue weighted by Crippen LogP contribution is 2.36. The molecule has 0 spiro atoms. The second kappa shape index (κ2) is 12.3. The third-order valence-corrected chi connectivity index (χ3v) is 9.01. The van der Waals surface area contributed by atoms with Crippen LogP contribution < -0.4 is 14.5 Å². The Morgan fingerprint density at radius 1 is 1.09 bits per heavy atom. The van der Waals surface area contributed by atoms with Gasteiger partial charge in [0.1, 0.15) is 12.4 Å². The largest absolute Gasteiger partial charge is 0.462 e. The lowest BCUT2D eigenvalue weighted by Gasteiger charge is -2.42. The number of rotatable bonds is 7. The maximum atomic E-state index is 12.5. The summed E-state index contributed by atoms with van der Waals surface area (Å²) >= 11 is 0. The fourth-order valence-electron chi connectivity index (χ4n) is 6.69. The minimum atomic E-state index is -0.258. The first kappa shape index (κ1) is 28.4. The molecule has 4 heterocycles. The van der Waals surface area contributed by atoms with Crippen LogP contribution in [0, 0.1) is 22.7 Å². The van der Waals surface area contributed by atoms with Gasteiger partial charge in [-0.1, -0.05) is 30.8 Å². The summed E-state index contributed by atoms with van der Waals surface area (Å²) in [6, 6.07) is 17.0. The van der Waals surface area contributed by atoms with Crippen LogP contribution in [-0.4, -0.2) is 84.1 Å². The molecular formula is C33H36N8O2. The quantitative estimate of drug-likeness (QED) is 0.389. The Labute approximate surface area is 252 Å². The van der Waals surface area contributed by atoms with Crippen LogP contribution in [-0.2, 0) is 17.8 Å². The van der Waals surface area contributed by atoms with Gasteiger partial charge in [0.15, 0.2) is 0 Å². The Morgan fingerprint density at radius 2 is 1.93 bits per heavy atom. The van der Waals surface area contributed by atoms with Crippen LogP contribution in [0.4, 0.5) is 11.5 Å². The number of likely N-dealkylation sites (N-methyl/N-ethyl adjacent to an activating group) is 1. The predicted molar refractivity (Wildman–Crippen MR) is 165 cm³/mol. The number of hydrogen-bond donors (Lipinski definition) is 0. The zero-order chi connectivity index (χ0) is 29.9. The predicted octanol–water partition coefficient (Wildman–Crippen LogP) is 3.65. The van der Waals surface area contributed by atoms with Crippen LogP contribution in [0.3, 0.4) is 0 Å². The van der Waals surface area contributed by atoms with Crippen molar-refractivity contribution < 1.29 is 9.53 Å². The summed E-state index contributed by atoms with van der Waals surface area (Å²) in [5.74, 6) is 0.667. The van der Waals surface area contributed by atoms with Crippen molar-refractivity contribution in [1.82, 2.24) is 19.8 Å². The Hall–Kier alpha value is -4.67. The summed E-state index contributed by atoms with van der Waals surface area (Å²) in [6.45, 7) is 8.10. The zero-order valence-corrected chi connectivity index (χ0v) is 24.6. The lowest BCUT2D eigenvalue weighted by Crippen LogP contribution is -2.55. The molecule has 3 aliphatic heterocycles. The average molecular weight is 577 g/mol. The van der Waals surface area contributed by atoms with Crippen molar-refractivity contribution in [3.05, 3.63) is 65.9 Å². The summed E-state index contributed by atoms with van der Waals surface area (Å²) in [7, 11) is 2.12. The van der Waals surface area contributed by atoms with Crippen molar-refractivity contribution >= 4 is 28.2 Å². The van der Waals surface area contributed by atoms with Crippen molar-refractivity contribution in [3.63, 3.8) is 0 Å². The first-order chi connectivity index (χ1) is 21.0. The molecule has 6 rings (SSSR count). The molecule has 1 aromatic heterocycles. The highest BCUT2D eigenvalue weighted by Gasteiger charge is 2.33. The van der Waals surface area contributed by atoms with E-state index < -0.39 is 0 Å². The fourth-order valence-corrected chi connectivity index (χ4v) is 6.69. The van der Waals surface area contributed by atoms with E-state index >= 15 is 0 Å². The van der Waals surface area contributed by atoms with E-state index in [0.717, 1.165) is 65.9 Å². The Morgan fingerprint density at radius 3 is 2.67 bits per heavy atom. The van der Waals surface area contributed by atoms with E-state index in [0.29, 0.717) is 50.4 Å². The van der Waals surface area contributed by atoms with E-state index in [1.54, 1.807) is 4.90 Å². The van der Waals surface area contributed by atoms with Gasteiger partial charge in [-0.2, -0.15) is 20.5 Å². The number of aromatic nitrogens is 2. The standard InChI is InChI=1S/C33H36N8O2/c1-3-30(42)41-18-17-40(20-25(41)12-14-34)32-27-13-16-39(29-11-5-8-23-7-4-9-24(19-35)31(23)29)21-28(27)36-33(37-32)43-22-26-10-6-15-38(26)2/h3-5,7-9,11,25-26H,1,6,10,12-13,15-18,20-22H2,2H3. The van der Waals surface area contributed by atoms with Crippen molar-refractivity contribution in [2.75, 3.05) is 56.2 Å². The van der Waals surface area contributed by atoms with Gasteiger partial charge in [0.25, 0.3) is 0 Å². The lowest BCUT2D eigenvalue weighted by molar-refractivity contribution is -0.128. The summed E-state index contributed by atoms with van der Waals surface area (Å²) in [5, 5.41) is 21.4. The molecule has 0 aliphatic carbocycles. The maximum absolute atomic E-state index is 12.5. The molecule has 0 saturated carbocycles. The van der Waals surface area contributed by atoms with Gasteiger partial charge in [0, 0.05) is 48.9 Å². The number of likely N-dealkylation sites (tertiary alicyclic amines) is 1. The minimum Gasteiger partial charge on any atom is -0.462 e. The third kappa shape index (κ3) is 5.59. The smallest absolute Gasteiger partial charge is 0.318 e. The van der Waals surface area contributed by atoms with E-state index in [-0.39, 0.29) is 18.4 Å². The summed E-state index contributed by atoms with van der Waals surface area (Å²) in [5.41, 5.74) is 3.64. The van der Waals surface area contributed by atoms with Gasteiger partial charge in [0.2, 0.25) is 5.91 Å². The molecular weight excluding hydrogens is 540 g/mol. The Balaban J connectivity index is 1.35. The molecule has 2 unspecified atom stereocenters. The van der Waals surface area contributed by atoms with Crippen LogP contribution in [0.2, 0.25) is 0 Å². The average Bonchev–Trinajstić information content (AvgIpc) is 3.46. The van der Waals surface area contributed by atoms with Gasteiger partial charge in [-0.3, -0.25) is 4.79 Å². The number of benzene rings is 2. The van der Waals surface area contributed by atoms with Gasteiger partial charge in [0.05, 0.1) is 42.4 Å². The van der Waals surface area contributed by atoms with Gasteiger partial charge in [-0.25, -0.2) is 0 Å². The number of nitrogens with zero attached hydrogens (tertiary/aromatic N) is 8. The molecule has 0 bridgehead atoms. The minimum absolute atomic E-state index is 0.156. The third-order valence-electron chi connectivity index (χ3n) is 9.01. The van der Waals surface area contributed by atoms with Crippen LogP contribution >= 0.6 is 0 Å². The molecule has 3 aromatic rings. The van der Waals surface area contributed by atoms with E-state index in [1.165, 1.54) is 6.08 Å². The monoisotopic (exact) mass is 576 g/mol.